The Morgan fingerprint density at radius 2 is 1.89 bits per heavy atom. The van der Waals surface area contributed by atoms with Crippen molar-refractivity contribution in [2.24, 2.45) is 11.8 Å². The molecule has 0 amide bonds. The first-order valence-corrected chi connectivity index (χ1v) is 9.75. The van der Waals surface area contributed by atoms with Crippen LogP contribution in [0.2, 0.25) is 0 Å². The van der Waals surface area contributed by atoms with Gasteiger partial charge in [0, 0.05) is 0 Å². The topological polar surface area (TPSA) is 76.0 Å². The smallest absolute Gasteiger partial charge is 0.309 e. The van der Waals surface area contributed by atoms with Crippen LogP contribution in [0.1, 0.15) is 49.3 Å². The number of hydrogen-bond acceptors (Lipinski definition) is 4. The van der Waals surface area contributed by atoms with E-state index in [0.717, 1.165) is 25.0 Å². The molecular weight excluding hydrogens is 356 g/mol. The van der Waals surface area contributed by atoms with E-state index >= 15 is 0 Å². The van der Waals surface area contributed by atoms with Crippen molar-refractivity contribution in [1.82, 2.24) is 0 Å². The van der Waals surface area contributed by atoms with E-state index in [4.69, 9.17) is 14.6 Å². The van der Waals surface area contributed by atoms with Crippen LogP contribution in [0.3, 0.4) is 0 Å². The number of methoxy groups -OCH3 is 1. The maximum absolute atomic E-state index is 11.1. The van der Waals surface area contributed by atoms with Crippen molar-refractivity contribution in [1.29, 1.82) is 0 Å². The van der Waals surface area contributed by atoms with E-state index in [2.05, 4.69) is 12.1 Å². The SMILES string of the molecule is COc1cccc(C2CCC(COc3cccc([C@H](O)[C@H](C)C(=O)O)c3)C2)c1. The van der Waals surface area contributed by atoms with Crippen LogP contribution in [0.4, 0.5) is 0 Å². The van der Waals surface area contributed by atoms with Gasteiger partial charge in [-0.1, -0.05) is 24.3 Å². The van der Waals surface area contributed by atoms with E-state index in [9.17, 15) is 9.90 Å². The highest BCUT2D eigenvalue weighted by atomic mass is 16.5. The number of aliphatic hydroxyl groups excluding tert-OH is 1. The largest absolute Gasteiger partial charge is 0.497 e. The molecule has 2 N–H and O–H groups in total. The number of hydrogen-bond donors (Lipinski definition) is 2. The zero-order chi connectivity index (χ0) is 20.1. The second-order valence-electron chi connectivity index (χ2n) is 7.61. The summed E-state index contributed by atoms with van der Waals surface area (Å²) in [6.45, 7) is 2.12. The molecule has 0 saturated heterocycles. The molecule has 28 heavy (non-hydrogen) atoms. The summed E-state index contributed by atoms with van der Waals surface area (Å²) in [7, 11) is 1.69. The van der Waals surface area contributed by atoms with Gasteiger partial charge >= 0.3 is 5.97 Å². The third-order valence-corrected chi connectivity index (χ3v) is 5.65. The maximum atomic E-state index is 11.1. The third kappa shape index (κ3) is 4.84. The number of aliphatic carboxylic acids is 1. The molecule has 1 aliphatic carbocycles. The normalized spacial score (nSPS) is 21.1. The Morgan fingerprint density at radius 1 is 1.14 bits per heavy atom. The number of carboxylic acids is 1. The van der Waals surface area contributed by atoms with Gasteiger partial charge in [-0.25, -0.2) is 0 Å². The van der Waals surface area contributed by atoms with Gasteiger partial charge in [0.2, 0.25) is 0 Å². The van der Waals surface area contributed by atoms with E-state index in [-0.39, 0.29) is 0 Å². The average molecular weight is 384 g/mol. The number of aliphatic hydroxyl groups is 1. The standard InChI is InChI=1S/C23H28O5/c1-15(23(25)26)22(24)19-6-4-8-21(13-19)28-14-16-9-10-18(11-16)17-5-3-7-20(12-17)27-2/h3-8,12-13,15-16,18,22,24H,9-11,14H2,1-2H3,(H,25,26)/t15-,16?,18?,22+/m0/s1. The minimum atomic E-state index is -1.05. The number of ether oxygens (including phenoxy) is 2. The zero-order valence-electron chi connectivity index (χ0n) is 16.4. The van der Waals surface area contributed by atoms with E-state index in [1.54, 1.807) is 25.3 Å². The van der Waals surface area contributed by atoms with E-state index in [1.807, 2.05) is 18.2 Å². The van der Waals surface area contributed by atoms with Crippen molar-refractivity contribution in [3.63, 3.8) is 0 Å². The molecule has 5 heteroatoms. The molecule has 0 bridgehead atoms. The summed E-state index contributed by atoms with van der Waals surface area (Å²) in [5.74, 6) is 0.667. The van der Waals surface area contributed by atoms with Crippen LogP contribution in [0.5, 0.6) is 11.5 Å². The van der Waals surface area contributed by atoms with Crippen LogP contribution >= 0.6 is 0 Å². The minimum Gasteiger partial charge on any atom is -0.497 e. The van der Waals surface area contributed by atoms with Crippen LogP contribution in [0.15, 0.2) is 48.5 Å². The van der Waals surface area contributed by atoms with E-state index in [1.165, 1.54) is 12.5 Å². The van der Waals surface area contributed by atoms with Gasteiger partial charge in [-0.3, -0.25) is 4.79 Å². The first-order chi connectivity index (χ1) is 13.5. The first-order valence-electron chi connectivity index (χ1n) is 9.75. The summed E-state index contributed by atoms with van der Waals surface area (Å²) in [5.41, 5.74) is 1.88. The molecule has 2 unspecified atom stereocenters. The fraction of sp³-hybridized carbons (Fsp3) is 0.435. The van der Waals surface area contributed by atoms with Crippen LogP contribution in [0.25, 0.3) is 0 Å². The predicted molar refractivity (Wildman–Crippen MR) is 107 cm³/mol. The highest BCUT2D eigenvalue weighted by Crippen LogP contribution is 2.39. The summed E-state index contributed by atoms with van der Waals surface area (Å²) in [5, 5.41) is 19.3. The van der Waals surface area contributed by atoms with Gasteiger partial charge in [0.05, 0.1) is 25.7 Å². The summed E-state index contributed by atoms with van der Waals surface area (Å²) in [4.78, 5) is 11.1. The van der Waals surface area contributed by atoms with Crippen molar-refractivity contribution in [2.45, 2.75) is 38.2 Å². The zero-order valence-corrected chi connectivity index (χ0v) is 16.4. The van der Waals surface area contributed by atoms with Crippen LogP contribution < -0.4 is 9.47 Å². The fourth-order valence-electron chi connectivity index (χ4n) is 3.85. The lowest BCUT2D eigenvalue weighted by Crippen LogP contribution is -2.18. The average Bonchev–Trinajstić information content (AvgIpc) is 3.20. The number of rotatable bonds is 8. The second kappa shape index (κ2) is 9.11. The minimum absolute atomic E-state index is 0.475. The third-order valence-electron chi connectivity index (χ3n) is 5.65. The van der Waals surface area contributed by atoms with Crippen molar-refractivity contribution >= 4 is 5.97 Å². The molecule has 5 nitrogen and oxygen atoms in total. The van der Waals surface area contributed by atoms with Gasteiger partial charge in [-0.15, -0.1) is 0 Å². The van der Waals surface area contributed by atoms with Gasteiger partial charge < -0.3 is 19.7 Å². The molecular formula is C23H28O5. The molecule has 0 radical (unpaired) electrons. The fourth-order valence-corrected chi connectivity index (χ4v) is 3.85. The van der Waals surface area contributed by atoms with Gasteiger partial charge in [0.25, 0.3) is 0 Å². The predicted octanol–water partition coefficient (Wildman–Crippen LogP) is 4.41. The van der Waals surface area contributed by atoms with Crippen molar-refractivity contribution < 1.29 is 24.5 Å². The van der Waals surface area contributed by atoms with Crippen LogP contribution in [0, 0.1) is 11.8 Å². The molecule has 3 rings (SSSR count). The van der Waals surface area contributed by atoms with Crippen LogP contribution in [-0.4, -0.2) is 29.9 Å². The van der Waals surface area contributed by atoms with Gasteiger partial charge in [0.15, 0.2) is 0 Å². The van der Waals surface area contributed by atoms with Gasteiger partial charge in [0.1, 0.15) is 11.5 Å². The van der Waals surface area contributed by atoms with E-state index < -0.39 is 18.0 Å². The molecule has 0 aromatic heterocycles. The molecule has 4 atom stereocenters. The molecule has 1 saturated carbocycles. The van der Waals surface area contributed by atoms with Crippen molar-refractivity contribution in [3.8, 4) is 11.5 Å². The monoisotopic (exact) mass is 384 g/mol. The Labute approximate surface area is 165 Å². The summed E-state index contributed by atoms with van der Waals surface area (Å²) in [6, 6.07) is 15.4. The molecule has 2 aromatic carbocycles. The Bertz CT molecular complexity index is 803. The lowest BCUT2D eigenvalue weighted by Gasteiger charge is -2.17. The number of benzene rings is 2. The highest BCUT2D eigenvalue weighted by Gasteiger charge is 2.27. The molecule has 0 aliphatic heterocycles. The Balaban J connectivity index is 1.56. The molecule has 0 spiro atoms. The van der Waals surface area contributed by atoms with Gasteiger partial charge in [-0.05, 0) is 73.4 Å². The Morgan fingerprint density at radius 3 is 2.64 bits per heavy atom. The molecule has 2 aromatic rings. The number of carbonyl (C=O) groups is 1. The lowest BCUT2D eigenvalue weighted by molar-refractivity contribution is -0.145. The Hall–Kier alpha value is -2.53. The van der Waals surface area contributed by atoms with Crippen molar-refractivity contribution in [2.75, 3.05) is 13.7 Å². The summed E-state index contributed by atoms with van der Waals surface area (Å²) in [6.07, 6.45) is 2.27. The lowest BCUT2D eigenvalue weighted by atomic mass is 9.96. The summed E-state index contributed by atoms with van der Waals surface area (Å²) >= 11 is 0. The second-order valence-corrected chi connectivity index (χ2v) is 7.61. The first kappa shape index (κ1) is 20.2. The van der Waals surface area contributed by atoms with Crippen LogP contribution in [-0.2, 0) is 4.79 Å². The molecule has 150 valence electrons. The highest BCUT2D eigenvalue weighted by molar-refractivity contribution is 5.70. The molecule has 1 aliphatic rings. The number of carboxylic acid groups (broad SMARTS) is 1. The maximum Gasteiger partial charge on any atom is 0.309 e. The van der Waals surface area contributed by atoms with Crippen molar-refractivity contribution in [3.05, 3.63) is 59.7 Å². The summed E-state index contributed by atoms with van der Waals surface area (Å²) < 4.78 is 11.3. The molecule has 1 fully saturated rings. The molecule has 0 heterocycles. The van der Waals surface area contributed by atoms with Gasteiger partial charge in [-0.2, -0.15) is 0 Å². The van der Waals surface area contributed by atoms with E-state index in [0.29, 0.717) is 29.8 Å². The quantitative estimate of drug-likeness (QED) is 0.705. The Kier molecular flexibility index (Phi) is 6.57.